The number of hydrogen-bond donors (Lipinski definition) is 3. The van der Waals surface area contributed by atoms with Crippen molar-refractivity contribution < 1.29 is 19.7 Å². The van der Waals surface area contributed by atoms with Gasteiger partial charge in [0.25, 0.3) is 0 Å². The molecule has 2 atom stereocenters. The van der Waals surface area contributed by atoms with E-state index in [2.05, 4.69) is 24.4 Å². The maximum Gasteiger partial charge on any atom is 0.339 e. The molecule has 0 aliphatic heterocycles. The number of aliphatic hydroxyl groups excluding tert-OH is 1. The molecular weight excluding hydrogens is 402 g/mol. The Morgan fingerprint density at radius 3 is 2.22 bits per heavy atom. The lowest BCUT2D eigenvalue weighted by atomic mass is 9.99. The Balaban J connectivity index is 1.62. The van der Waals surface area contributed by atoms with E-state index in [4.69, 9.17) is 4.74 Å². The van der Waals surface area contributed by atoms with Crippen LogP contribution in [0.15, 0.2) is 72.8 Å². The first-order valence-electron chi connectivity index (χ1n) is 10.9. The molecule has 0 amide bonds. The third kappa shape index (κ3) is 6.42. The van der Waals surface area contributed by atoms with Crippen LogP contribution in [0.1, 0.15) is 48.4 Å². The monoisotopic (exact) mass is 433 g/mol. The number of ether oxygens (including phenoxy) is 1. The molecule has 3 aromatic rings. The van der Waals surface area contributed by atoms with Gasteiger partial charge in [-0.1, -0.05) is 60.7 Å². The summed E-state index contributed by atoms with van der Waals surface area (Å²) in [6.45, 7) is 6.35. The van der Waals surface area contributed by atoms with E-state index in [0.29, 0.717) is 12.3 Å². The second-order valence-corrected chi connectivity index (χ2v) is 8.32. The molecule has 3 N–H and O–H groups in total. The third-order valence-corrected chi connectivity index (χ3v) is 5.25. The molecule has 3 rings (SSSR count). The molecule has 0 saturated heterocycles. The zero-order valence-electron chi connectivity index (χ0n) is 18.8. The van der Waals surface area contributed by atoms with Crippen LogP contribution in [0.3, 0.4) is 0 Å². The minimum absolute atomic E-state index is 0.111. The highest BCUT2D eigenvalue weighted by Crippen LogP contribution is 2.29. The van der Waals surface area contributed by atoms with Crippen molar-refractivity contribution in [3.05, 3.63) is 89.5 Å². The first-order chi connectivity index (χ1) is 15.3. The van der Waals surface area contributed by atoms with Gasteiger partial charge in [-0.05, 0) is 61.6 Å². The zero-order chi connectivity index (χ0) is 23.1. The molecular formula is C27H31NO4. The molecule has 0 saturated carbocycles. The standard InChI is InChI=1S/C27H31NO4/c1-18(2)32-26-16-23(13-14-24(26)27(30)31)21-11-9-20(10-12-21)15-19(3)28-17-25(29)22-7-5-4-6-8-22/h4-14,16,18-19,25,28-29H,15,17H2,1-3H3,(H,30,31)/t19-,25+/m1/s1. The van der Waals surface area contributed by atoms with E-state index in [1.807, 2.05) is 56.3 Å². The zero-order valence-corrected chi connectivity index (χ0v) is 18.8. The molecule has 0 fully saturated rings. The molecule has 0 unspecified atom stereocenters. The topological polar surface area (TPSA) is 78.8 Å². The van der Waals surface area contributed by atoms with Gasteiger partial charge < -0.3 is 20.3 Å². The Hall–Kier alpha value is -3.15. The number of carboxylic acids is 1. The highest BCUT2D eigenvalue weighted by atomic mass is 16.5. The smallest absolute Gasteiger partial charge is 0.339 e. The van der Waals surface area contributed by atoms with Crippen LogP contribution in [-0.4, -0.2) is 34.9 Å². The van der Waals surface area contributed by atoms with E-state index in [9.17, 15) is 15.0 Å². The van der Waals surface area contributed by atoms with Crippen molar-refractivity contribution in [2.75, 3.05) is 6.54 Å². The van der Waals surface area contributed by atoms with Gasteiger partial charge in [-0.3, -0.25) is 0 Å². The summed E-state index contributed by atoms with van der Waals surface area (Å²) in [5, 5.41) is 23.1. The number of hydrogen-bond acceptors (Lipinski definition) is 4. The van der Waals surface area contributed by atoms with Crippen molar-refractivity contribution >= 4 is 5.97 Å². The van der Waals surface area contributed by atoms with Crippen molar-refractivity contribution in [2.45, 2.75) is 45.4 Å². The lowest BCUT2D eigenvalue weighted by Crippen LogP contribution is -2.32. The maximum absolute atomic E-state index is 11.5. The van der Waals surface area contributed by atoms with E-state index in [-0.39, 0.29) is 17.7 Å². The van der Waals surface area contributed by atoms with Crippen molar-refractivity contribution in [3.8, 4) is 16.9 Å². The first kappa shape index (κ1) is 23.5. The molecule has 0 radical (unpaired) electrons. The van der Waals surface area contributed by atoms with E-state index in [1.165, 1.54) is 5.56 Å². The Morgan fingerprint density at radius 2 is 1.59 bits per heavy atom. The summed E-state index contributed by atoms with van der Waals surface area (Å²) < 4.78 is 5.71. The number of carboxylic acid groups (broad SMARTS) is 1. The number of benzene rings is 3. The van der Waals surface area contributed by atoms with Crippen LogP contribution in [0.25, 0.3) is 11.1 Å². The second kappa shape index (κ2) is 10.9. The van der Waals surface area contributed by atoms with Gasteiger partial charge in [0, 0.05) is 12.6 Å². The third-order valence-electron chi connectivity index (χ3n) is 5.25. The highest BCUT2D eigenvalue weighted by molar-refractivity contribution is 5.92. The lowest BCUT2D eigenvalue weighted by Gasteiger charge is -2.18. The Labute approximate surface area is 189 Å². The average molecular weight is 434 g/mol. The highest BCUT2D eigenvalue weighted by Gasteiger charge is 2.14. The first-order valence-corrected chi connectivity index (χ1v) is 10.9. The van der Waals surface area contributed by atoms with Crippen molar-refractivity contribution in [2.24, 2.45) is 0 Å². The Kier molecular flexibility index (Phi) is 8.03. The van der Waals surface area contributed by atoms with E-state index < -0.39 is 12.1 Å². The molecule has 168 valence electrons. The van der Waals surface area contributed by atoms with Crippen LogP contribution >= 0.6 is 0 Å². The largest absolute Gasteiger partial charge is 0.490 e. The van der Waals surface area contributed by atoms with Crippen molar-refractivity contribution in [3.63, 3.8) is 0 Å². The Bertz CT molecular complexity index is 1020. The molecule has 3 aromatic carbocycles. The predicted octanol–water partition coefficient (Wildman–Crippen LogP) is 5.09. The van der Waals surface area contributed by atoms with Crippen molar-refractivity contribution in [1.29, 1.82) is 0 Å². The summed E-state index contributed by atoms with van der Waals surface area (Å²) in [4.78, 5) is 11.5. The van der Waals surface area contributed by atoms with Gasteiger partial charge in [-0.2, -0.15) is 0 Å². The van der Waals surface area contributed by atoms with Crippen LogP contribution in [0.2, 0.25) is 0 Å². The lowest BCUT2D eigenvalue weighted by molar-refractivity contribution is 0.0690. The van der Waals surface area contributed by atoms with Gasteiger partial charge in [-0.25, -0.2) is 4.79 Å². The van der Waals surface area contributed by atoms with Crippen LogP contribution < -0.4 is 10.1 Å². The van der Waals surface area contributed by atoms with Crippen LogP contribution in [-0.2, 0) is 6.42 Å². The molecule has 0 spiro atoms. The number of rotatable bonds is 10. The summed E-state index contributed by atoms with van der Waals surface area (Å²) >= 11 is 0. The fraction of sp³-hybridized carbons (Fsp3) is 0.296. The van der Waals surface area contributed by atoms with Gasteiger partial charge in [0.1, 0.15) is 11.3 Å². The van der Waals surface area contributed by atoms with Crippen molar-refractivity contribution in [1.82, 2.24) is 5.32 Å². The fourth-order valence-electron chi connectivity index (χ4n) is 3.59. The van der Waals surface area contributed by atoms with E-state index >= 15 is 0 Å². The molecule has 32 heavy (non-hydrogen) atoms. The Morgan fingerprint density at radius 1 is 0.938 bits per heavy atom. The summed E-state index contributed by atoms with van der Waals surface area (Å²) in [5.74, 6) is -0.620. The summed E-state index contributed by atoms with van der Waals surface area (Å²) in [7, 11) is 0. The van der Waals surface area contributed by atoms with E-state index in [1.54, 1.807) is 18.2 Å². The predicted molar refractivity (Wildman–Crippen MR) is 127 cm³/mol. The molecule has 0 aliphatic carbocycles. The van der Waals surface area contributed by atoms with Crippen LogP contribution in [0, 0.1) is 0 Å². The summed E-state index contributed by atoms with van der Waals surface area (Å²) in [5.41, 5.74) is 4.17. The molecule has 0 aliphatic rings. The quantitative estimate of drug-likeness (QED) is 0.415. The molecule has 5 heteroatoms. The number of nitrogens with one attached hydrogen (secondary N) is 1. The SMILES string of the molecule is CC(C)Oc1cc(-c2ccc(C[C@@H](C)NC[C@H](O)c3ccccc3)cc2)ccc1C(=O)O. The minimum Gasteiger partial charge on any atom is -0.490 e. The van der Waals surface area contributed by atoms with Gasteiger partial charge in [0.2, 0.25) is 0 Å². The number of aliphatic hydroxyl groups is 1. The van der Waals surface area contributed by atoms with Gasteiger partial charge in [-0.15, -0.1) is 0 Å². The van der Waals surface area contributed by atoms with Crippen LogP contribution in [0.4, 0.5) is 0 Å². The number of carbonyl (C=O) groups is 1. The molecule has 0 aromatic heterocycles. The number of aromatic carboxylic acids is 1. The van der Waals surface area contributed by atoms with Gasteiger partial charge in [0.05, 0.1) is 12.2 Å². The van der Waals surface area contributed by atoms with Crippen LogP contribution in [0.5, 0.6) is 5.75 Å². The molecule has 0 heterocycles. The normalized spacial score (nSPS) is 13.0. The average Bonchev–Trinajstić information content (AvgIpc) is 2.78. The second-order valence-electron chi connectivity index (χ2n) is 8.32. The molecule has 0 bridgehead atoms. The van der Waals surface area contributed by atoms with E-state index in [0.717, 1.165) is 23.1 Å². The fourth-order valence-corrected chi connectivity index (χ4v) is 3.59. The van der Waals surface area contributed by atoms with Gasteiger partial charge >= 0.3 is 5.97 Å². The molecule has 5 nitrogen and oxygen atoms in total. The summed E-state index contributed by atoms with van der Waals surface area (Å²) in [6.07, 6.45) is 0.193. The maximum atomic E-state index is 11.5. The minimum atomic E-state index is -0.999. The van der Waals surface area contributed by atoms with Gasteiger partial charge in [0.15, 0.2) is 0 Å². The summed E-state index contributed by atoms with van der Waals surface area (Å²) in [6, 6.07) is 23.3.